The van der Waals surface area contributed by atoms with Crippen LogP contribution >= 0.6 is 0 Å². The monoisotopic (exact) mass is 515 g/mol. The predicted octanol–water partition coefficient (Wildman–Crippen LogP) is 0.668. The zero-order valence-electron chi connectivity index (χ0n) is 22.0. The van der Waals surface area contributed by atoms with Crippen LogP contribution in [0.4, 0.5) is 5.69 Å². The largest absolute Gasteiger partial charge is 0.507 e. The van der Waals surface area contributed by atoms with Crippen molar-refractivity contribution >= 4 is 28.9 Å². The maximum atomic E-state index is 14.0. The standard InChI is InChI=1S/C27H37N3O7/c1-6-7-10-37-17-9-8-16(29(2)3)14-11-13-12-15-21(30(4)5)23(32)20(26(28)35)25(34)27(15,36)24(33)18(13)22(31)19(14)17/h8-9,13,15,20-21,23,31-32,36H,6-7,10-12H2,1-5H3,(H2,28,35)/t13-,15?,20?,21-,23?,27-/m0/s1. The molecule has 0 heterocycles. The third-order valence-electron chi connectivity index (χ3n) is 8.17. The molecule has 3 aliphatic rings. The van der Waals surface area contributed by atoms with E-state index in [-0.39, 0.29) is 17.8 Å². The van der Waals surface area contributed by atoms with Gasteiger partial charge in [0.1, 0.15) is 17.4 Å². The van der Waals surface area contributed by atoms with Crippen LogP contribution in [0, 0.1) is 17.8 Å². The predicted molar refractivity (Wildman–Crippen MR) is 137 cm³/mol. The van der Waals surface area contributed by atoms with Gasteiger partial charge in [0.15, 0.2) is 11.4 Å². The molecule has 0 radical (unpaired) electrons. The van der Waals surface area contributed by atoms with Gasteiger partial charge in [0.25, 0.3) is 0 Å². The van der Waals surface area contributed by atoms with Gasteiger partial charge < -0.3 is 35.6 Å². The number of Topliss-reactive ketones (excluding diaryl/α,β-unsaturated/α-hetero) is 2. The average Bonchev–Trinajstić information content (AvgIpc) is 2.81. The van der Waals surface area contributed by atoms with E-state index in [1.165, 1.54) is 0 Å². The lowest BCUT2D eigenvalue weighted by Gasteiger charge is -2.53. The summed E-state index contributed by atoms with van der Waals surface area (Å²) >= 11 is 0. The van der Waals surface area contributed by atoms with Crippen molar-refractivity contribution in [3.8, 4) is 5.75 Å². The number of nitrogens with zero attached hydrogens (tertiary/aromatic N) is 2. The summed E-state index contributed by atoms with van der Waals surface area (Å²) in [6.45, 7) is 2.46. The number of unbranched alkanes of at least 4 members (excludes halogenated alkanes) is 1. The summed E-state index contributed by atoms with van der Waals surface area (Å²) in [5.74, 6) is -6.33. The minimum absolute atomic E-state index is 0.0482. The highest BCUT2D eigenvalue weighted by atomic mass is 16.5. The van der Waals surface area contributed by atoms with Crippen LogP contribution in [0.3, 0.4) is 0 Å². The number of fused-ring (bicyclic) bond motifs is 3. The molecule has 2 fully saturated rings. The maximum Gasteiger partial charge on any atom is 0.230 e. The summed E-state index contributed by atoms with van der Waals surface area (Å²) in [6, 6.07) is 2.78. The molecule has 0 bridgehead atoms. The quantitative estimate of drug-likeness (QED) is 0.303. The molecule has 10 nitrogen and oxygen atoms in total. The Morgan fingerprint density at radius 3 is 2.46 bits per heavy atom. The number of carbonyl (C=O) groups is 3. The van der Waals surface area contributed by atoms with Crippen molar-refractivity contribution < 1.29 is 34.4 Å². The molecule has 0 spiro atoms. The van der Waals surface area contributed by atoms with Crippen molar-refractivity contribution in [1.82, 2.24) is 4.90 Å². The zero-order chi connectivity index (χ0) is 27.4. The van der Waals surface area contributed by atoms with Crippen LogP contribution in [-0.2, 0) is 20.8 Å². The minimum atomic E-state index is -2.60. The number of benzene rings is 1. The number of carbonyl (C=O) groups excluding carboxylic acids is 3. The van der Waals surface area contributed by atoms with Gasteiger partial charge in [-0.3, -0.25) is 14.4 Å². The summed E-state index contributed by atoms with van der Waals surface area (Å²) in [4.78, 5) is 43.1. The Labute approximate surface area is 216 Å². The van der Waals surface area contributed by atoms with Gasteiger partial charge in [-0.2, -0.15) is 0 Å². The van der Waals surface area contributed by atoms with Gasteiger partial charge in [0.05, 0.1) is 18.3 Å². The van der Waals surface area contributed by atoms with Crippen molar-refractivity contribution in [2.45, 2.75) is 50.4 Å². The number of hydrogen-bond donors (Lipinski definition) is 4. The van der Waals surface area contributed by atoms with Gasteiger partial charge in [-0.1, -0.05) is 13.3 Å². The fraction of sp³-hybridized carbons (Fsp3) is 0.593. The number of hydrogen-bond acceptors (Lipinski definition) is 9. The number of ketones is 2. The molecule has 3 aliphatic carbocycles. The van der Waals surface area contributed by atoms with Crippen LogP contribution in [0.15, 0.2) is 17.7 Å². The van der Waals surface area contributed by atoms with Gasteiger partial charge in [-0.25, -0.2) is 0 Å². The minimum Gasteiger partial charge on any atom is -0.507 e. The van der Waals surface area contributed by atoms with E-state index < -0.39 is 53.0 Å². The molecule has 37 heavy (non-hydrogen) atoms. The molecule has 0 aliphatic heterocycles. The highest BCUT2D eigenvalue weighted by Gasteiger charge is 2.67. The van der Waals surface area contributed by atoms with Crippen LogP contribution in [0.2, 0.25) is 0 Å². The van der Waals surface area contributed by atoms with E-state index >= 15 is 0 Å². The summed E-state index contributed by atoms with van der Waals surface area (Å²) in [6.07, 6.45) is 0.759. The molecule has 10 heteroatoms. The molecule has 4 rings (SSSR count). The number of rotatable bonds is 7. The first-order valence-electron chi connectivity index (χ1n) is 12.7. The Morgan fingerprint density at radius 1 is 1.22 bits per heavy atom. The molecule has 6 atom stereocenters. The Balaban J connectivity index is 1.90. The van der Waals surface area contributed by atoms with Crippen molar-refractivity contribution in [3.05, 3.63) is 28.8 Å². The Bertz CT molecular complexity index is 1160. The second-order valence-electron chi connectivity index (χ2n) is 10.8. The van der Waals surface area contributed by atoms with Crippen LogP contribution in [0.25, 0.3) is 5.76 Å². The van der Waals surface area contributed by atoms with Crippen molar-refractivity contribution in [3.63, 3.8) is 0 Å². The number of aliphatic hydroxyl groups excluding tert-OH is 2. The molecule has 0 aromatic heterocycles. The number of ether oxygens (including phenoxy) is 1. The lowest BCUT2D eigenvalue weighted by atomic mass is 9.54. The number of primary amides is 1. The maximum absolute atomic E-state index is 14.0. The number of likely N-dealkylation sites (N-methyl/N-ethyl adjacent to an activating group) is 1. The van der Waals surface area contributed by atoms with E-state index in [4.69, 9.17) is 10.5 Å². The Kier molecular flexibility index (Phi) is 7.13. The Morgan fingerprint density at radius 2 is 1.89 bits per heavy atom. The summed E-state index contributed by atoms with van der Waals surface area (Å²) in [5.41, 5.74) is 4.83. The molecule has 2 saturated carbocycles. The fourth-order valence-electron chi connectivity index (χ4n) is 6.44. The van der Waals surface area contributed by atoms with Gasteiger partial charge in [0, 0.05) is 37.3 Å². The summed E-state index contributed by atoms with van der Waals surface area (Å²) in [5, 5.41) is 34.3. The Hall–Kier alpha value is -2.95. The fourth-order valence-corrected chi connectivity index (χ4v) is 6.44. The number of anilines is 1. The second-order valence-corrected chi connectivity index (χ2v) is 10.8. The molecule has 202 valence electrons. The van der Waals surface area contributed by atoms with Crippen LogP contribution < -0.4 is 15.4 Å². The third kappa shape index (κ3) is 4.02. The topological polar surface area (TPSA) is 154 Å². The lowest BCUT2D eigenvalue weighted by molar-refractivity contribution is -0.184. The summed E-state index contributed by atoms with van der Waals surface area (Å²) < 4.78 is 5.97. The van der Waals surface area contributed by atoms with E-state index in [1.807, 2.05) is 32.0 Å². The molecule has 1 aromatic carbocycles. The van der Waals surface area contributed by atoms with E-state index in [1.54, 1.807) is 25.1 Å². The van der Waals surface area contributed by atoms with E-state index in [0.29, 0.717) is 24.3 Å². The smallest absolute Gasteiger partial charge is 0.230 e. The van der Waals surface area contributed by atoms with E-state index in [2.05, 4.69) is 0 Å². The first-order chi connectivity index (χ1) is 17.4. The van der Waals surface area contributed by atoms with E-state index in [9.17, 15) is 29.7 Å². The van der Waals surface area contributed by atoms with Crippen LogP contribution in [0.1, 0.15) is 37.3 Å². The highest BCUT2D eigenvalue weighted by molar-refractivity contribution is 6.25. The molecular weight excluding hydrogens is 478 g/mol. The van der Waals surface area contributed by atoms with Gasteiger partial charge in [-0.05, 0) is 57.0 Å². The first kappa shape index (κ1) is 27.1. The van der Waals surface area contributed by atoms with Gasteiger partial charge in [0.2, 0.25) is 11.7 Å². The number of nitrogens with two attached hydrogens (primary N) is 1. The lowest BCUT2D eigenvalue weighted by Crippen LogP contribution is -2.73. The molecule has 1 aromatic rings. The molecule has 0 saturated heterocycles. The summed E-state index contributed by atoms with van der Waals surface area (Å²) in [7, 11) is 7.07. The third-order valence-corrected chi connectivity index (χ3v) is 8.17. The molecule has 1 amide bonds. The highest BCUT2D eigenvalue weighted by Crippen LogP contribution is 2.53. The van der Waals surface area contributed by atoms with E-state index in [0.717, 1.165) is 24.1 Å². The first-order valence-corrected chi connectivity index (χ1v) is 12.7. The normalized spacial score (nSPS) is 31.1. The van der Waals surface area contributed by atoms with Gasteiger partial charge >= 0.3 is 0 Å². The zero-order valence-corrected chi connectivity index (χ0v) is 22.0. The van der Waals surface area contributed by atoms with Crippen molar-refractivity contribution in [1.29, 1.82) is 0 Å². The molecular formula is C27H37N3O7. The van der Waals surface area contributed by atoms with Gasteiger partial charge in [-0.15, -0.1) is 0 Å². The number of amides is 1. The van der Waals surface area contributed by atoms with Crippen molar-refractivity contribution in [2.75, 3.05) is 39.7 Å². The SMILES string of the molecule is CCCCOc1ccc(N(C)C)c2c1C(O)=C1C(=O)[C@]3(O)C(=O)C(C(N)=O)C(O)[C@@H](N(C)C)C3C[C@@H]1C2. The van der Waals surface area contributed by atoms with Crippen LogP contribution in [-0.4, -0.2) is 90.2 Å². The average molecular weight is 516 g/mol. The number of aliphatic hydroxyl groups is 3. The molecule has 5 N–H and O–H groups in total. The second kappa shape index (κ2) is 9.74. The van der Waals surface area contributed by atoms with Crippen molar-refractivity contribution in [2.24, 2.45) is 23.5 Å². The molecule has 3 unspecified atom stereocenters. The van der Waals surface area contributed by atoms with Crippen LogP contribution in [0.5, 0.6) is 5.75 Å².